The summed E-state index contributed by atoms with van der Waals surface area (Å²) in [6, 6.07) is 12.8. The Balaban J connectivity index is 1.69. The van der Waals surface area contributed by atoms with Crippen LogP contribution in [0.4, 0.5) is 5.13 Å². The molecule has 0 aliphatic heterocycles. The molecule has 1 N–H and O–H groups in total. The standard InChI is InChI=1S/C18H14Cl2N2OS/c1-11-2-4-12(5-3-11)17(23)22-18-21-10-15(24-18)8-13-6-7-14(19)9-16(13)20/h2-7,9-10H,8H2,1H3,(H,21,22,23). The number of hydrogen-bond acceptors (Lipinski definition) is 3. The Morgan fingerprint density at radius 2 is 1.92 bits per heavy atom. The van der Waals surface area contributed by atoms with Crippen molar-refractivity contribution < 1.29 is 4.79 Å². The van der Waals surface area contributed by atoms with Crippen molar-refractivity contribution in [2.24, 2.45) is 0 Å². The summed E-state index contributed by atoms with van der Waals surface area (Å²) in [5.74, 6) is -0.166. The Morgan fingerprint density at radius 3 is 2.62 bits per heavy atom. The molecule has 6 heteroatoms. The Bertz CT molecular complexity index is 875. The van der Waals surface area contributed by atoms with Gasteiger partial charge in [-0.3, -0.25) is 10.1 Å². The maximum atomic E-state index is 12.2. The van der Waals surface area contributed by atoms with Crippen molar-refractivity contribution in [1.29, 1.82) is 0 Å². The molecule has 24 heavy (non-hydrogen) atoms. The van der Waals surface area contributed by atoms with Gasteiger partial charge in [-0.2, -0.15) is 0 Å². The highest BCUT2D eigenvalue weighted by atomic mass is 35.5. The third-order valence-electron chi connectivity index (χ3n) is 3.47. The second-order valence-corrected chi connectivity index (χ2v) is 7.32. The van der Waals surface area contributed by atoms with Crippen LogP contribution in [-0.4, -0.2) is 10.9 Å². The summed E-state index contributed by atoms with van der Waals surface area (Å²) in [7, 11) is 0. The van der Waals surface area contributed by atoms with Crippen LogP contribution in [0.3, 0.4) is 0 Å². The molecule has 0 aliphatic rings. The average Bonchev–Trinajstić information content (AvgIpc) is 2.98. The van der Waals surface area contributed by atoms with Crippen molar-refractivity contribution >= 4 is 45.6 Å². The quantitative estimate of drug-likeness (QED) is 0.643. The zero-order valence-corrected chi connectivity index (χ0v) is 15.2. The van der Waals surface area contributed by atoms with Crippen LogP contribution in [0.25, 0.3) is 0 Å². The minimum atomic E-state index is -0.166. The molecule has 122 valence electrons. The molecule has 0 radical (unpaired) electrons. The summed E-state index contributed by atoms with van der Waals surface area (Å²) in [5.41, 5.74) is 2.70. The molecule has 0 saturated carbocycles. The molecule has 0 spiro atoms. The fourth-order valence-electron chi connectivity index (χ4n) is 2.17. The lowest BCUT2D eigenvalue weighted by molar-refractivity contribution is 0.102. The van der Waals surface area contributed by atoms with Crippen LogP contribution in [0, 0.1) is 6.92 Å². The third-order valence-corrected chi connectivity index (χ3v) is 4.97. The van der Waals surface area contributed by atoms with Crippen molar-refractivity contribution in [2.45, 2.75) is 13.3 Å². The molecular weight excluding hydrogens is 363 g/mol. The minimum absolute atomic E-state index is 0.166. The lowest BCUT2D eigenvalue weighted by Gasteiger charge is -2.03. The van der Waals surface area contributed by atoms with Gasteiger partial charge >= 0.3 is 0 Å². The van der Waals surface area contributed by atoms with Gasteiger partial charge in [0, 0.05) is 33.1 Å². The molecule has 0 bridgehead atoms. The topological polar surface area (TPSA) is 42.0 Å². The van der Waals surface area contributed by atoms with Gasteiger partial charge in [0.1, 0.15) is 0 Å². The lowest BCUT2D eigenvalue weighted by atomic mass is 10.1. The van der Waals surface area contributed by atoms with Gasteiger partial charge in [-0.05, 0) is 36.8 Å². The first-order valence-electron chi connectivity index (χ1n) is 7.28. The van der Waals surface area contributed by atoms with E-state index in [0.29, 0.717) is 27.2 Å². The van der Waals surface area contributed by atoms with Gasteiger partial charge in [-0.15, -0.1) is 11.3 Å². The monoisotopic (exact) mass is 376 g/mol. The Morgan fingerprint density at radius 1 is 1.17 bits per heavy atom. The van der Waals surface area contributed by atoms with E-state index in [9.17, 15) is 4.79 Å². The summed E-state index contributed by atoms with van der Waals surface area (Å²) < 4.78 is 0. The second-order valence-electron chi connectivity index (χ2n) is 5.36. The fourth-order valence-corrected chi connectivity index (χ4v) is 3.48. The van der Waals surface area contributed by atoms with Crippen molar-refractivity contribution in [2.75, 3.05) is 5.32 Å². The zero-order chi connectivity index (χ0) is 17.1. The smallest absolute Gasteiger partial charge is 0.257 e. The number of halogens is 2. The summed E-state index contributed by atoms with van der Waals surface area (Å²) >= 11 is 13.5. The first-order chi connectivity index (χ1) is 11.5. The maximum absolute atomic E-state index is 12.2. The normalized spacial score (nSPS) is 10.6. The highest BCUT2D eigenvalue weighted by Gasteiger charge is 2.10. The Labute approximate surface area is 154 Å². The number of nitrogens with one attached hydrogen (secondary N) is 1. The molecular formula is C18H14Cl2N2OS. The van der Waals surface area contributed by atoms with Crippen LogP contribution in [0.5, 0.6) is 0 Å². The van der Waals surface area contributed by atoms with E-state index >= 15 is 0 Å². The molecule has 3 aromatic rings. The number of nitrogens with zero attached hydrogens (tertiary/aromatic N) is 1. The molecule has 1 heterocycles. The van der Waals surface area contributed by atoms with E-state index in [-0.39, 0.29) is 5.91 Å². The molecule has 0 unspecified atom stereocenters. The highest BCUT2D eigenvalue weighted by molar-refractivity contribution is 7.15. The summed E-state index contributed by atoms with van der Waals surface area (Å²) in [6.07, 6.45) is 2.40. The van der Waals surface area contributed by atoms with Crippen LogP contribution in [0.15, 0.2) is 48.7 Å². The summed E-state index contributed by atoms with van der Waals surface area (Å²) in [5, 5.41) is 4.63. The first-order valence-corrected chi connectivity index (χ1v) is 8.85. The van der Waals surface area contributed by atoms with E-state index in [4.69, 9.17) is 23.2 Å². The molecule has 3 nitrogen and oxygen atoms in total. The summed E-state index contributed by atoms with van der Waals surface area (Å²) in [4.78, 5) is 17.5. The van der Waals surface area contributed by atoms with Gasteiger partial charge in [0.15, 0.2) is 5.13 Å². The van der Waals surface area contributed by atoms with E-state index in [1.807, 2.05) is 31.2 Å². The van der Waals surface area contributed by atoms with E-state index in [2.05, 4.69) is 10.3 Å². The number of thiazole rings is 1. The zero-order valence-electron chi connectivity index (χ0n) is 12.8. The van der Waals surface area contributed by atoms with E-state index < -0.39 is 0 Å². The average molecular weight is 377 g/mol. The number of anilines is 1. The first kappa shape index (κ1) is 17.0. The number of carbonyl (C=O) groups excluding carboxylic acids is 1. The van der Waals surface area contributed by atoms with Gasteiger partial charge in [-0.25, -0.2) is 4.98 Å². The number of amides is 1. The lowest BCUT2D eigenvalue weighted by Crippen LogP contribution is -2.11. The van der Waals surface area contributed by atoms with Crippen molar-refractivity contribution in [3.05, 3.63) is 80.3 Å². The minimum Gasteiger partial charge on any atom is -0.298 e. The van der Waals surface area contributed by atoms with Gasteiger partial charge in [0.25, 0.3) is 5.91 Å². The molecule has 2 aromatic carbocycles. The molecule has 0 saturated heterocycles. The Kier molecular flexibility index (Phi) is 5.19. The number of benzene rings is 2. The SMILES string of the molecule is Cc1ccc(C(=O)Nc2ncc(Cc3ccc(Cl)cc3Cl)s2)cc1. The van der Waals surface area contributed by atoms with Crippen LogP contribution < -0.4 is 5.32 Å². The third kappa shape index (κ3) is 4.15. The van der Waals surface area contributed by atoms with Gasteiger partial charge in [-0.1, -0.05) is 47.0 Å². The number of hydrogen-bond donors (Lipinski definition) is 1. The van der Waals surface area contributed by atoms with E-state index in [1.54, 1.807) is 24.4 Å². The molecule has 1 aromatic heterocycles. The van der Waals surface area contributed by atoms with Gasteiger partial charge in [0.05, 0.1) is 0 Å². The van der Waals surface area contributed by atoms with Crippen molar-refractivity contribution in [3.8, 4) is 0 Å². The molecule has 0 aliphatic carbocycles. The van der Waals surface area contributed by atoms with Crippen LogP contribution in [0.1, 0.15) is 26.4 Å². The second kappa shape index (κ2) is 7.34. The van der Waals surface area contributed by atoms with Crippen LogP contribution in [0.2, 0.25) is 10.0 Å². The number of carbonyl (C=O) groups is 1. The number of aryl methyl sites for hydroxylation is 1. The van der Waals surface area contributed by atoms with E-state index in [0.717, 1.165) is 16.0 Å². The van der Waals surface area contributed by atoms with Crippen LogP contribution in [-0.2, 0) is 6.42 Å². The highest BCUT2D eigenvalue weighted by Crippen LogP contribution is 2.27. The molecule has 0 fully saturated rings. The molecule has 0 atom stereocenters. The number of rotatable bonds is 4. The van der Waals surface area contributed by atoms with Crippen LogP contribution >= 0.6 is 34.5 Å². The Hall–Kier alpha value is -1.88. The fraction of sp³-hybridized carbons (Fsp3) is 0.111. The predicted molar refractivity (Wildman–Crippen MR) is 101 cm³/mol. The van der Waals surface area contributed by atoms with Crippen molar-refractivity contribution in [1.82, 2.24) is 4.98 Å². The van der Waals surface area contributed by atoms with Gasteiger partial charge < -0.3 is 0 Å². The predicted octanol–water partition coefficient (Wildman–Crippen LogP) is 5.60. The van der Waals surface area contributed by atoms with Gasteiger partial charge in [0.2, 0.25) is 0 Å². The molecule has 3 rings (SSSR count). The molecule has 1 amide bonds. The summed E-state index contributed by atoms with van der Waals surface area (Å²) in [6.45, 7) is 1.98. The van der Waals surface area contributed by atoms with Crippen molar-refractivity contribution in [3.63, 3.8) is 0 Å². The largest absolute Gasteiger partial charge is 0.298 e. The maximum Gasteiger partial charge on any atom is 0.257 e. The van der Waals surface area contributed by atoms with E-state index in [1.165, 1.54) is 11.3 Å². The number of aromatic nitrogens is 1.